The van der Waals surface area contributed by atoms with Gasteiger partial charge in [0.05, 0.1) is 17.6 Å². The molecule has 33 heavy (non-hydrogen) atoms. The van der Waals surface area contributed by atoms with Crippen molar-refractivity contribution < 1.29 is 18.0 Å². The lowest BCUT2D eigenvalue weighted by molar-refractivity contribution is 0.100. The Morgan fingerprint density at radius 3 is 2.39 bits per heavy atom. The van der Waals surface area contributed by atoms with Crippen LogP contribution in [0.2, 0.25) is 5.02 Å². The van der Waals surface area contributed by atoms with Gasteiger partial charge in [0.25, 0.3) is 0 Å². The number of aromatic nitrogens is 1. The molecule has 163 valence electrons. The van der Waals surface area contributed by atoms with Crippen molar-refractivity contribution in [2.75, 3.05) is 0 Å². The molecule has 0 bridgehead atoms. The molecule has 0 saturated heterocycles. The summed E-state index contributed by atoms with van der Waals surface area (Å²) in [7, 11) is 0. The highest BCUT2D eigenvalue weighted by atomic mass is 35.5. The number of benzene rings is 4. The van der Waals surface area contributed by atoms with Crippen LogP contribution >= 0.6 is 11.6 Å². The number of nitrogens with two attached hydrogens (primary N) is 1. The van der Waals surface area contributed by atoms with E-state index >= 15 is 0 Å². The maximum atomic E-state index is 14.5. The maximum absolute atomic E-state index is 14.5. The van der Waals surface area contributed by atoms with Crippen molar-refractivity contribution in [1.29, 1.82) is 0 Å². The van der Waals surface area contributed by atoms with Gasteiger partial charge in [0.2, 0.25) is 5.91 Å². The highest BCUT2D eigenvalue weighted by Crippen LogP contribution is 2.35. The number of primary amides is 1. The quantitative estimate of drug-likeness (QED) is 0.305. The maximum Gasteiger partial charge on any atom is 0.249 e. The summed E-state index contributed by atoms with van der Waals surface area (Å²) in [6.45, 7) is -0.296. The average molecular weight is 464 g/mol. The molecule has 0 fully saturated rings. The fraction of sp³-hybridized carbons (Fsp3) is 0.0385. The molecule has 0 aliphatic carbocycles. The Morgan fingerprint density at radius 2 is 1.67 bits per heavy atom. The van der Waals surface area contributed by atoms with Gasteiger partial charge in [-0.25, -0.2) is 13.2 Å². The van der Waals surface area contributed by atoms with E-state index in [9.17, 15) is 18.0 Å². The number of hydrogen-bond acceptors (Lipinski definition) is 1. The molecule has 0 unspecified atom stereocenters. The first-order chi connectivity index (χ1) is 15.8. The summed E-state index contributed by atoms with van der Waals surface area (Å²) in [5.74, 6) is -3.90. The first kappa shape index (κ1) is 21.1. The highest BCUT2D eigenvalue weighted by Gasteiger charge is 2.21. The molecular formula is C26H15ClF3N2O. The first-order valence-electron chi connectivity index (χ1n) is 10.00. The van der Waals surface area contributed by atoms with Gasteiger partial charge in [-0.15, -0.1) is 0 Å². The zero-order chi connectivity index (χ0) is 23.3. The Hall–Kier alpha value is -3.77. The third kappa shape index (κ3) is 3.52. The number of carbonyl (C=O) groups excluding carboxylic acids is 1. The molecule has 0 spiro atoms. The van der Waals surface area contributed by atoms with E-state index in [1.54, 1.807) is 41.0 Å². The fourth-order valence-electron chi connectivity index (χ4n) is 4.11. The van der Waals surface area contributed by atoms with Crippen LogP contribution in [0.1, 0.15) is 15.9 Å². The molecule has 0 aliphatic heterocycles. The minimum Gasteiger partial charge on any atom is -0.366 e. The number of amides is 1. The fourth-order valence-corrected chi connectivity index (χ4v) is 4.24. The van der Waals surface area contributed by atoms with Crippen LogP contribution in [0.15, 0.2) is 66.7 Å². The van der Waals surface area contributed by atoms with E-state index in [2.05, 4.69) is 6.07 Å². The van der Waals surface area contributed by atoms with Gasteiger partial charge >= 0.3 is 0 Å². The lowest BCUT2D eigenvalue weighted by Gasteiger charge is -2.11. The van der Waals surface area contributed by atoms with Gasteiger partial charge < -0.3 is 10.3 Å². The normalized spacial score (nSPS) is 11.4. The van der Waals surface area contributed by atoms with Gasteiger partial charge in [0, 0.05) is 26.9 Å². The Morgan fingerprint density at radius 1 is 0.939 bits per heavy atom. The van der Waals surface area contributed by atoms with Gasteiger partial charge in [0.15, 0.2) is 11.6 Å². The minimum absolute atomic E-state index is 0.256. The third-order valence-corrected chi connectivity index (χ3v) is 5.94. The highest BCUT2D eigenvalue weighted by molar-refractivity contribution is 6.30. The SMILES string of the molecule is NC(=O)c1cccc2c1c1[c]cc(-c3ccc(Cl)cc3)cc1n2Cc1c(F)ccc(F)c1F. The summed E-state index contributed by atoms with van der Waals surface area (Å²) in [5, 5.41) is 1.66. The van der Waals surface area contributed by atoms with E-state index in [-0.39, 0.29) is 12.1 Å². The van der Waals surface area contributed by atoms with Crippen molar-refractivity contribution >= 4 is 39.3 Å². The summed E-state index contributed by atoms with van der Waals surface area (Å²) < 4.78 is 44.5. The van der Waals surface area contributed by atoms with Crippen LogP contribution in [0.25, 0.3) is 32.9 Å². The Bertz CT molecular complexity index is 1560. The molecule has 0 atom stereocenters. The second-order valence-electron chi connectivity index (χ2n) is 7.63. The Labute approximate surface area is 191 Å². The van der Waals surface area contributed by atoms with Gasteiger partial charge in [-0.3, -0.25) is 4.79 Å². The molecule has 1 heterocycles. The minimum atomic E-state index is -1.26. The standard InChI is InChI=1S/C26H15ClF3N2O/c27-16-7-4-14(5-8-16)15-6-9-17-23(12-15)32(13-19-20(28)10-11-21(29)25(19)30)22-3-1-2-18(24(17)22)26(31)33/h1-8,10-12H,13H2,(H2,31,33). The molecule has 3 nitrogen and oxygen atoms in total. The molecule has 5 rings (SSSR count). The van der Waals surface area contributed by atoms with E-state index in [4.69, 9.17) is 17.3 Å². The second kappa shape index (κ2) is 7.98. The van der Waals surface area contributed by atoms with Gasteiger partial charge in [-0.1, -0.05) is 29.8 Å². The van der Waals surface area contributed by atoms with Crippen LogP contribution < -0.4 is 5.73 Å². The summed E-state index contributed by atoms with van der Waals surface area (Å²) in [5.41, 5.74) is 8.15. The molecule has 1 amide bonds. The van der Waals surface area contributed by atoms with Crippen LogP contribution in [-0.4, -0.2) is 10.5 Å². The number of carbonyl (C=O) groups is 1. The Balaban J connectivity index is 1.82. The number of rotatable bonds is 4. The van der Waals surface area contributed by atoms with Crippen molar-refractivity contribution in [3.05, 3.63) is 106 Å². The van der Waals surface area contributed by atoms with Crippen LogP contribution in [0, 0.1) is 23.5 Å². The van der Waals surface area contributed by atoms with Crippen LogP contribution in [-0.2, 0) is 6.54 Å². The molecule has 1 aromatic heterocycles. The average Bonchev–Trinajstić information content (AvgIpc) is 3.12. The monoisotopic (exact) mass is 463 g/mol. The predicted octanol–water partition coefficient (Wildman–Crippen LogP) is 6.48. The zero-order valence-corrected chi connectivity index (χ0v) is 17.8. The van der Waals surface area contributed by atoms with E-state index in [1.807, 2.05) is 18.2 Å². The van der Waals surface area contributed by atoms with Gasteiger partial charge in [-0.05, 0) is 65.7 Å². The molecule has 4 aromatic carbocycles. The van der Waals surface area contributed by atoms with Crippen LogP contribution in [0.3, 0.4) is 0 Å². The van der Waals surface area contributed by atoms with Crippen LogP contribution in [0.5, 0.6) is 0 Å². The van der Waals surface area contributed by atoms with Gasteiger partial charge in [0.1, 0.15) is 5.82 Å². The molecule has 5 aromatic rings. The largest absolute Gasteiger partial charge is 0.366 e. The lowest BCUT2D eigenvalue weighted by atomic mass is 10.0. The first-order valence-corrected chi connectivity index (χ1v) is 10.4. The van der Waals surface area contributed by atoms with E-state index in [0.29, 0.717) is 26.8 Å². The molecule has 0 saturated carbocycles. The number of halogens is 4. The van der Waals surface area contributed by atoms with Crippen molar-refractivity contribution in [3.63, 3.8) is 0 Å². The summed E-state index contributed by atoms with van der Waals surface area (Å²) >= 11 is 6.00. The lowest BCUT2D eigenvalue weighted by Crippen LogP contribution is -2.11. The van der Waals surface area contributed by atoms with E-state index in [1.165, 1.54) is 0 Å². The van der Waals surface area contributed by atoms with E-state index < -0.39 is 28.9 Å². The third-order valence-electron chi connectivity index (χ3n) is 5.69. The zero-order valence-electron chi connectivity index (χ0n) is 17.0. The number of fused-ring (bicyclic) bond motifs is 3. The number of nitrogens with zero attached hydrogens (tertiary/aromatic N) is 1. The molecule has 0 aliphatic rings. The molecule has 7 heteroatoms. The van der Waals surface area contributed by atoms with Gasteiger partial charge in [-0.2, -0.15) is 0 Å². The van der Waals surface area contributed by atoms with Crippen molar-refractivity contribution in [3.8, 4) is 11.1 Å². The predicted molar refractivity (Wildman–Crippen MR) is 123 cm³/mol. The number of hydrogen-bond donors (Lipinski definition) is 1. The molecule has 1 radical (unpaired) electrons. The summed E-state index contributed by atoms with van der Waals surface area (Å²) in [6.07, 6.45) is 0. The Kier molecular flexibility index (Phi) is 5.10. The summed E-state index contributed by atoms with van der Waals surface area (Å²) in [6, 6.07) is 20.5. The topological polar surface area (TPSA) is 48.0 Å². The molecule has 2 N–H and O–H groups in total. The van der Waals surface area contributed by atoms with Crippen molar-refractivity contribution in [2.24, 2.45) is 5.73 Å². The van der Waals surface area contributed by atoms with E-state index in [0.717, 1.165) is 23.3 Å². The smallest absolute Gasteiger partial charge is 0.249 e. The van der Waals surface area contributed by atoms with Crippen LogP contribution in [0.4, 0.5) is 13.2 Å². The van der Waals surface area contributed by atoms with Crippen molar-refractivity contribution in [2.45, 2.75) is 6.54 Å². The van der Waals surface area contributed by atoms with Crippen molar-refractivity contribution in [1.82, 2.24) is 4.57 Å². The second-order valence-corrected chi connectivity index (χ2v) is 8.06. The summed E-state index contributed by atoms with van der Waals surface area (Å²) in [4.78, 5) is 12.1. The molecular weight excluding hydrogens is 449 g/mol.